The Morgan fingerprint density at radius 2 is 2.14 bits per heavy atom. The van der Waals surface area contributed by atoms with Gasteiger partial charge < -0.3 is 10.1 Å². The molecule has 0 radical (unpaired) electrons. The summed E-state index contributed by atoms with van der Waals surface area (Å²) in [7, 11) is 0. The van der Waals surface area contributed by atoms with E-state index in [0.717, 1.165) is 16.9 Å². The molecule has 0 aliphatic carbocycles. The minimum Gasteiger partial charge on any atom is -0.488 e. The minimum absolute atomic E-state index is 0.0273. The van der Waals surface area contributed by atoms with Gasteiger partial charge >= 0.3 is 0 Å². The van der Waals surface area contributed by atoms with E-state index >= 15 is 0 Å². The number of hydrogen-bond donors (Lipinski definition) is 1. The number of ether oxygens (including phenoxy) is 1. The number of allylic oxidation sites excluding steroid dienone is 1. The molecule has 1 amide bonds. The molecule has 0 aliphatic heterocycles. The molecule has 0 atom stereocenters. The van der Waals surface area contributed by atoms with Crippen LogP contribution in [0.25, 0.3) is 6.08 Å². The molecule has 0 saturated heterocycles. The van der Waals surface area contributed by atoms with Crippen LogP contribution in [0, 0.1) is 0 Å². The summed E-state index contributed by atoms with van der Waals surface area (Å²) in [6.07, 6.45) is 4.01. The van der Waals surface area contributed by atoms with Gasteiger partial charge in [-0.2, -0.15) is 0 Å². The van der Waals surface area contributed by atoms with E-state index in [0.29, 0.717) is 11.5 Å². The van der Waals surface area contributed by atoms with Crippen LogP contribution in [-0.4, -0.2) is 11.9 Å². The Bertz CT molecular complexity index is 659. The van der Waals surface area contributed by atoms with Crippen molar-refractivity contribution in [3.05, 3.63) is 57.8 Å². The zero-order valence-electron chi connectivity index (χ0n) is 13.1. The maximum atomic E-state index is 11.9. The Morgan fingerprint density at radius 1 is 1.36 bits per heavy atom. The Hall–Kier alpha value is -2.07. The summed E-state index contributed by atoms with van der Waals surface area (Å²) < 4.78 is 5.87. The number of thiophene rings is 1. The van der Waals surface area contributed by atoms with Crippen LogP contribution in [0.4, 0.5) is 0 Å². The van der Waals surface area contributed by atoms with Gasteiger partial charge in [0.05, 0.1) is 4.88 Å². The predicted molar refractivity (Wildman–Crippen MR) is 92.4 cm³/mol. The normalized spacial score (nSPS) is 11.1. The van der Waals surface area contributed by atoms with E-state index in [2.05, 4.69) is 5.32 Å². The highest BCUT2D eigenvalue weighted by Gasteiger charge is 2.10. The molecule has 0 saturated carbocycles. The molecular formula is C18H21NO2S. The van der Waals surface area contributed by atoms with Crippen LogP contribution in [0.5, 0.6) is 5.75 Å². The van der Waals surface area contributed by atoms with Crippen LogP contribution in [0.2, 0.25) is 0 Å². The molecule has 22 heavy (non-hydrogen) atoms. The monoisotopic (exact) mass is 315 g/mol. The van der Waals surface area contributed by atoms with Crippen LogP contribution in [-0.2, 0) is 6.61 Å². The fraction of sp³-hybridized carbons (Fsp3) is 0.278. The average Bonchev–Trinajstić information content (AvgIpc) is 2.95. The lowest BCUT2D eigenvalue weighted by atomic mass is 10.2. The number of hydrogen-bond acceptors (Lipinski definition) is 3. The molecule has 0 aliphatic rings. The van der Waals surface area contributed by atoms with Gasteiger partial charge in [0.2, 0.25) is 0 Å². The van der Waals surface area contributed by atoms with Gasteiger partial charge in [-0.25, -0.2) is 0 Å². The smallest absolute Gasteiger partial charge is 0.261 e. The highest BCUT2D eigenvalue weighted by Crippen LogP contribution is 2.22. The number of amides is 1. The standard InChI is InChI=1S/C18H21NO2S/c1-4-7-15-8-5-6-9-16(15)21-11-14-10-17(22-12-14)18(20)19-13(2)3/h4-10,12-13H,11H2,1-3H3,(H,19,20)/b7-4+. The van der Waals surface area contributed by atoms with Gasteiger partial charge in [-0.15, -0.1) is 11.3 Å². The summed E-state index contributed by atoms with van der Waals surface area (Å²) in [6, 6.07) is 9.94. The van der Waals surface area contributed by atoms with E-state index in [4.69, 9.17) is 4.74 Å². The first-order valence-electron chi connectivity index (χ1n) is 7.33. The molecule has 116 valence electrons. The summed E-state index contributed by atoms with van der Waals surface area (Å²) in [5, 5.41) is 4.86. The molecule has 2 aromatic rings. The summed E-state index contributed by atoms with van der Waals surface area (Å²) in [6.45, 7) is 6.34. The molecule has 1 aromatic carbocycles. The molecule has 0 unspecified atom stereocenters. The van der Waals surface area contributed by atoms with Crippen LogP contribution in [0.15, 0.2) is 41.8 Å². The second-order valence-electron chi connectivity index (χ2n) is 5.27. The number of para-hydroxylation sites is 1. The molecule has 1 N–H and O–H groups in total. The fourth-order valence-corrected chi connectivity index (χ4v) is 2.79. The zero-order valence-corrected chi connectivity index (χ0v) is 13.9. The molecule has 2 rings (SSSR count). The summed E-state index contributed by atoms with van der Waals surface area (Å²) in [5.74, 6) is 0.820. The van der Waals surface area contributed by atoms with Gasteiger partial charge in [-0.1, -0.05) is 30.4 Å². The van der Waals surface area contributed by atoms with Gasteiger partial charge in [0.1, 0.15) is 12.4 Å². The van der Waals surface area contributed by atoms with Crippen LogP contribution in [0.1, 0.15) is 41.6 Å². The predicted octanol–water partition coefficient (Wildman–Crippen LogP) is 4.50. The summed E-state index contributed by atoms with van der Waals surface area (Å²) >= 11 is 1.44. The first kappa shape index (κ1) is 16.3. The number of benzene rings is 1. The molecule has 3 nitrogen and oxygen atoms in total. The number of nitrogens with one attached hydrogen (secondary N) is 1. The van der Waals surface area contributed by atoms with Crippen molar-refractivity contribution in [3.63, 3.8) is 0 Å². The van der Waals surface area contributed by atoms with Crippen molar-refractivity contribution >= 4 is 23.3 Å². The third-order valence-electron chi connectivity index (χ3n) is 2.96. The SMILES string of the molecule is C/C=C/c1ccccc1OCc1csc(C(=O)NC(C)C)c1. The van der Waals surface area contributed by atoms with Crippen LogP contribution < -0.4 is 10.1 Å². The van der Waals surface area contributed by atoms with Crippen LogP contribution >= 0.6 is 11.3 Å². The first-order chi connectivity index (χ1) is 10.6. The second-order valence-corrected chi connectivity index (χ2v) is 6.19. The van der Waals surface area contributed by atoms with E-state index in [-0.39, 0.29) is 11.9 Å². The maximum Gasteiger partial charge on any atom is 0.261 e. The molecule has 0 fully saturated rings. The molecular weight excluding hydrogens is 294 g/mol. The number of rotatable bonds is 6. The third kappa shape index (κ3) is 4.46. The largest absolute Gasteiger partial charge is 0.488 e. The third-order valence-corrected chi connectivity index (χ3v) is 3.93. The zero-order chi connectivity index (χ0) is 15.9. The average molecular weight is 315 g/mol. The molecule has 4 heteroatoms. The fourth-order valence-electron chi connectivity index (χ4n) is 1.99. The lowest BCUT2D eigenvalue weighted by Crippen LogP contribution is -2.29. The van der Waals surface area contributed by atoms with E-state index in [1.165, 1.54) is 11.3 Å². The molecule has 1 aromatic heterocycles. The maximum absolute atomic E-state index is 11.9. The summed E-state index contributed by atoms with van der Waals surface area (Å²) in [4.78, 5) is 12.6. The van der Waals surface area contributed by atoms with Gasteiger partial charge in [-0.05, 0) is 38.3 Å². The first-order valence-corrected chi connectivity index (χ1v) is 8.21. The lowest BCUT2D eigenvalue weighted by molar-refractivity contribution is 0.0947. The Balaban J connectivity index is 2.01. The number of carbonyl (C=O) groups excluding carboxylic acids is 1. The van der Waals surface area contributed by atoms with Crippen molar-refractivity contribution in [3.8, 4) is 5.75 Å². The Kier molecular flexibility index (Phi) is 5.78. The molecule has 0 spiro atoms. The topological polar surface area (TPSA) is 38.3 Å². The van der Waals surface area contributed by atoms with Crippen LogP contribution in [0.3, 0.4) is 0 Å². The van der Waals surface area contributed by atoms with E-state index in [9.17, 15) is 4.79 Å². The highest BCUT2D eigenvalue weighted by atomic mass is 32.1. The quantitative estimate of drug-likeness (QED) is 0.852. The highest BCUT2D eigenvalue weighted by molar-refractivity contribution is 7.12. The molecule has 0 bridgehead atoms. The van der Waals surface area contributed by atoms with Gasteiger partial charge in [0, 0.05) is 17.2 Å². The number of carbonyl (C=O) groups is 1. The Labute approximate surface area is 135 Å². The van der Waals surface area contributed by atoms with E-state index in [1.54, 1.807) is 0 Å². The van der Waals surface area contributed by atoms with Crippen molar-refractivity contribution < 1.29 is 9.53 Å². The van der Waals surface area contributed by atoms with Gasteiger partial charge in [0.25, 0.3) is 5.91 Å². The summed E-state index contributed by atoms with van der Waals surface area (Å²) in [5.41, 5.74) is 2.06. The van der Waals surface area contributed by atoms with E-state index in [1.807, 2.05) is 68.6 Å². The van der Waals surface area contributed by atoms with Crippen molar-refractivity contribution in [2.75, 3.05) is 0 Å². The Morgan fingerprint density at radius 3 is 2.86 bits per heavy atom. The van der Waals surface area contributed by atoms with Crippen molar-refractivity contribution in [2.24, 2.45) is 0 Å². The van der Waals surface area contributed by atoms with Gasteiger partial charge in [0.15, 0.2) is 0 Å². The minimum atomic E-state index is -0.0273. The van der Waals surface area contributed by atoms with E-state index < -0.39 is 0 Å². The van der Waals surface area contributed by atoms with Crippen molar-refractivity contribution in [1.29, 1.82) is 0 Å². The van der Waals surface area contributed by atoms with Crippen molar-refractivity contribution in [2.45, 2.75) is 33.4 Å². The second kappa shape index (κ2) is 7.80. The van der Waals surface area contributed by atoms with Gasteiger partial charge in [-0.3, -0.25) is 4.79 Å². The van der Waals surface area contributed by atoms with Crippen molar-refractivity contribution in [1.82, 2.24) is 5.32 Å². The molecule has 1 heterocycles. The lowest BCUT2D eigenvalue weighted by Gasteiger charge is -2.08.